The molecule has 1 aromatic rings. The van der Waals surface area contributed by atoms with E-state index in [-0.39, 0.29) is 24.1 Å². The summed E-state index contributed by atoms with van der Waals surface area (Å²) in [6.45, 7) is 2.98. The predicted molar refractivity (Wildman–Crippen MR) is 89.5 cm³/mol. The van der Waals surface area contributed by atoms with Crippen molar-refractivity contribution in [2.24, 2.45) is 5.92 Å². The number of carbonyl (C=O) groups is 1. The number of rotatable bonds is 3. The summed E-state index contributed by atoms with van der Waals surface area (Å²) >= 11 is 0. The molecule has 0 radical (unpaired) electrons. The van der Waals surface area contributed by atoms with Gasteiger partial charge < -0.3 is 10.1 Å². The van der Waals surface area contributed by atoms with Gasteiger partial charge in [0.25, 0.3) is 5.91 Å². The van der Waals surface area contributed by atoms with Crippen LogP contribution < -0.4 is 5.32 Å². The van der Waals surface area contributed by atoms with Gasteiger partial charge in [-0.25, -0.2) is 0 Å². The molecule has 126 valence electrons. The molecular formula is C19H23N3O2. The van der Waals surface area contributed by atoms with Crippen LogP contribution in [0.15, 0.2) is 24.3 Å². The zero-order valence-corrected chi connectivity index (χ0v) is 13.8. The van der Waals surface area contributed by atoms with Gasteiger partial charge in [0.05, 0.1) is 35.4 Å². The highest BCUT2D eigenvalue weighted by atomic mass is 16.5. The zero-order chi connectivity index (χ0) is 16.5. The summed E-state index contributed by atoms with van der Waals surface area (Å²) in [5.74, 6) is 0.277. The van der Waals surface area contributed by atoms with Gasteiger partial charge in [-0.05, 0) is 44.5 Å². The average Bonchev–Trinajstić information content (AvgIpc) is 3.04. The lowest BCUT2D eigenvalue weighted by atomic mass is 9.70. The molecule has 1 aliphatic carbocycles. The minimum absolute atomic E-state index is 0.134. The highest BCUT2D eigenvalue weighted by Crippen LogP contribution is 2.42. The van der Waals surface area contributed by atoms with E-state index in [1.165, 1.54) is 19.3 Å². The topological polar surface area (TPSA) is 65.4 Å². The van der Waals surface area contributed by atoms with Crippen LogP contribution in [0.3, 0.4) is 0 Å². The number of benzene rings is 1. The summed E-state index contributed by atoms with van der Waals surface area (Å²) in [7, 11) is 0. The van der Waals surface area contributed by atoms with Crippen LogP contribution in [0, 0.1) is 17.2 Å². The van der Waals surface area contributed by atoms with Crippen molar-refractivity contribution >= 4 is 5.91 Å². The maximum atomic E-state index is 12.7. The Morgan fingerprint density at radius 2 is 2.04 bits per heavy atom. The fourth-order valence-electron chi connectivity index (χ4n) is 4.53. The van der Waals surface area contributed by atoms with Crippen LogP contribution in [0.2, 0.25) is 0 Å². The van der Waals surface area contributed by atoms with E-state index in [0.29, 0.717) is 17.0 Å². The van der Waals surface area contributed by atoms with Crippen molar-refractivity contribution in [2.75, 3.05) is 19.7 Å². The summed E-state index contributed by atoms with van der Waals surface area (Å²) in [5.41, 5.74) is 0.905. The number of likely N-dealkylation sites (tertiary alicyclic amines) is 1. The van der Waals surface area contributed by atoms with E-state index in [4.69, 9.17) is 4.74 Å². The summed E-state index contributed by atoms with van der Waals surface area (Å²) in [4.78, 5) is 15.2. The second kappa shape index (κ2) is 6.54. The Labute approximate surface area is 142 Å². The molecule has 0 aromatic heterocycles. The number of nitriles is 1. The first-order valence-electron chi connectivity index (χ1n) is 8.95. The van der Waals surface area contributed by atoms with Crippen molar-refractivity contribution in [2.45, 2.75) is 43.9 Å². The SMILES string of the molecule is N#Cc1ccccc1C(=O)N[C@H]1[C@H]2CCO[C@H]2[C@@H]1N1CCCCC1. The minimum Gasteiger partial charge on any atom is -0.376 e. The van der Waals surface area contributed by atoms with Crippen molar-refractivity contribution in [3.63, 3.8) is 0 Å². The van der Waals surface area contributed by atoms with E-state index in [1.54, 1.807) is 24.3 Å². The summed E-state index contributed by atoms with van der Waals surface area (Å²) in [6, 6.07) is 9.55. The first-order chi connectivity index (χ1) is 11.8. The van der Waals surface area contributed by atoms with E-state index in [2.05, 4.69) is 16.3 Å². The predicted octanol–water partition coefficient (Wildman–Crippen LogP) is 1.93. The number of carbonyl (C=O) groups excluding carboxylic acids is 1. The number of piperidine rings is 1. The first-order valence-corrected chi connectivity index (χ1v) is 8.95. The zero-order valence-electron chi connectivity index (χ0n) is 13.8. The number of nitrogens with one attached hydrogen (secondary N) is 1. The fraction of sp³-hybridized carbons (Fsp3) is 0.579. The molecule has 1 amide bonds. The van der Waals surface area contributed by atoms with Gasteiger partial charge in [-0.15, -0.1) is 0 Å². The van der Waals surface area contributed by atoms with Crippen molar-refractivity contribution in [1.82, 2.24) is 10.2 Å². The standard InChI is InChI=1S/C19H23N3O2/c20-12-13-6-2-3-7-14(13)19(23)21-16-15-8-11-24-18(15)17(16)22-9-4-1-5-10-22/h2-3,6-7,15-18H,1,4-5,8-11H2,(H,21,23)/t15-,16+,17-,18-/m1/s1. The van der Waals surface area contributed by atoms with Crippen LogP contribution in [0.5, 0.6) is 0 Å². The lowest BCUT2D eigenvalue weighted by Crippen LogP contribution is -2.71. The lowest BCUT2D eigenvalue weighted by Gasteiger charge is -2.53. The Kier molecular flexibility index (Phi) is 4.26. The molecule has 4 rings (SSSR count). The molecule has 5 heteroatoms. The van der Waals surface area contributed by atoms with Gasteiger partial charge in [-0.1, -0.05) is 18.6 Å². The quantitative estimate of drug-likeness (QED) is 0.922. The average molecular weight is 325 g/mol. The van der Waals surface area contributed by atoms with Gasteiger partial charge in [-0.3, -0.25) is 9.69 Å². The molecule has 5 nitrogen and oxygen atoms in total. The van der Waals surface area contributed by atoms with Crippen molar-refractivity contribution in [3.05, 3.63) is 35.4 Å². The van der Waals surface area contributed by atoms with Crippen molar-refractivity contribution in [1.29, 1.82) is 5.26 Å². The Morgan fingerprint density at radius 3 is 2.83 bits per heavy atom. The highest BCUT2D eigenvalue weighted by Gasteiger charge is 2.56. The molecule has 2 saturated heterocycles. The van der Waals surface area contributed by atoms with E-state index in [0.717, 1.165) is 26.1 Å². The molecule has 2 heterocycles. The molecule has 3 aliphatic rings. The Balaban J connectivity index is 1.51. The molecule has 0 spiro atoms. The molecule has 1 aromatic carbocycles. The molecule has 0 bridgehead atoms. The van der Waals surface area contributed by atoms with Gasteiger partial charge >= 0.3 is 0 Å². The van der Waals surface area contributed by atoms with Gasteiger partial charge in [0.15, 0.2) is 0 Å². The van der Waals surface area contributed by atoms with Crippen LogP contribution in [0.25, 0.3) is 0 Å². The van der Waals surface area contributed by atoms with E-state index < -0.39 is 0 Å². The van der Waals surface area contributed by atoms with Gasteiger partial charge in [0, 0.05) is 12.5 Å². The van der Waals surface area contributed by atoms with Crippen LogP contribution in [0.1, 0.15) is 41.6 Å². The Morgan fingerprint density at radius 1 is 1.25 bits per heavy atom. The number of amides is 1. The molecular weight excluding hydrogens is 302 g/mol. The molecule has 0 unspecified atom stereocenters. The second-order valence-electron chi connectivity index (χ2n) is 7.03. The number of fused-ring (bicyclic) bond motifs is 1. The van der Waals surface area contributed by atoms with Crippen LogP contribution in [-0.4, -0.2) is 48.7 Å². The smallest absolute Gasteiger partial charge is 0.252 e. The summed E-state index contributed by atoms with van der Waals surface area (Å²) in [6.07, 6.45) is 5.03. The summed E-state index contributed by atoms with van der Waals surface area (Å²) < 4.78 is 5.93. The number of ether oxygens (including phenoxy) is 1. The molecule has 2 aliphatic heterocycles. The third-order valence-electron chi connectivity index (χ3n) is 5.75. The van der Waals surface area contributed by atoms with Gasteiger partial charge in [0.1, 0.15) is 0 Å². The number of nitrogens with zero attached hydrogens (tertiary/aromatic N) is 2. The molecule has 24 heavy (non-hydrogen) atoms. The van der Waals surface area contributed by atoms with Crippen LogP contribution in [-0.2, 0) is 4.74 Å². The fourth-order valence-corrected chi connectivity index (χ4v) is 4.53. The summed E-state index contributed by atoms with van der Waals surface area (Å²) in [5, 5.41) is 12.4. The van der Waals surface area contributed by atoms with Gasteiger partial charge in [-0.2, -0.15) is 5.26 Å². The third-order valence-corrected chi connectivity index (χ3v) is 5.75. The van der Waals surface area contributed by atoms with E-state index >= 15 is 0 Å². The number of hydrogen-bond donors (Lipinski definition) is 1. The van der Waals surface area contributed by atoms with Gasteiger partial charge in [0.2, 0.25) is 0 Å². The normalized spacial score (nSPS) is 32.5. The Bertz CT molecular complexity index is 663. The third kappa shape index (κ3) is 2.60. The highest BCUT2D eigenvalue weighted by molar-refractivity contribution is 5.96. The molecule has 1 saturated carbocycles. The van der Waals surface area contributed by atoms with E-state index in [1.807, 2.05) is 0 Å². The Hall–Kier alpha value is -1.90. The van der Waals surface area contributed by atoms with Crippen molar-refractivity contribution in [3.8, 4) is 6.07 Å². The molecule has 1 N–H and O–H groups in total. The van der Waals surface area contributed by atoms with Crippen LogP contribution >= 0.6 is 0 Å². The monoisotopic (exact) mass is 325 g/mol. The number of hydrogen-bond acceptors (Lipinski definition) is 4. The minimum atomic E-state index is -0.135. The van der Waals surface area contributed by atoms with Crippen molar-refractivity contribution < 1.29 is 9.53 Å². The maximum absolute atomic E-state index is 12.7. The maximum Gasteiger partial charge on any atom is 0.252 e. The van der Waals surface area contributed by atoms with E-state index in [9.17, 15) is 10.1 Å². The lowest BCUT2D eigenvalue weighted by molar-refractivity contribution is -0.0862. The molecule has 4 atom stereocenters. The van der Waals surface area contributed by atoms with Crippen LogP contribution in [0.4, 0.5) is 0 Å². The second-order valence-corrected chi connectivity index (χ2v) is 7.03. The largest absolute Gasteiger partial charge is 0.376 e. The molecule has 3 fully saturated rings. The first kappa shape index (κ1) is 15.6.